The molecule has 0 aliphatic heterocycles. The molecule has 0 bridgehead atoms. The summed E-state index contributed by atoms with van der Waals surface area (Å²) in [6.45, 7) is 1.85. The van der Waals surface area contributed by atoms with E-state index in [1.165, 1.54) is 7.11 Å². The van der Waals surface area contributed by atoms with E-state index in [1.807, 2.05) is 55.5 Å². The number of esters is 1. The van der Waals surface area contributed by atoms with E-state index < -0.39 is 12.0 Å². The van der Waals surface area contributed by atoms with Crippen molar-refractivity contribution in [1.82, 2.24) is 5.32 Å². The van der Waals surface area contributed by atoms with Gasteiger partial charge in [0, 0.05) is 0 Å². The van der Waals surface area contributed by atoms with Gasteiger partial charge in [-0.05, 0) is 28.7 Å². The highest BCUT2D eigenvalue weighted by molar-refractivity contribution is 5.97. The zero-order chi connectivity index (χ0) is 16.4. The topological polar surface area (TPSA) is 55.4 Å². The molecule has 0 saturated heterocycles. The van der Waals surface area contributed by atoms with Crippen molar-refractivity contribution < 1.29 is 14.3 Å². The molecule has 0 aromatic heterocycles. The molecule has 4 heteroatoms. The third-order valence-electron chi connectivity index (χ3n) is 4.31. The zero-order valence-corrected chi connectivity index (χ0v) is 13.2. The summed E-state index contributed by atoms with van der Waals surface area (Å²) in [6.07, 6.45) is 0.494. The Labute approximate surface area is 135 Å². The Bertz CT molecular complexity index is 708. The number of rotatable bonds is 4. The predicted octanol–water partition coefficient (Wildman–Crippen LogP) is 2.87. The van der Waals surface area contributed by atoms with E-state index in [-0.39, 0.29) is 11.8 Å². The molecule has 4 nitrogen and oxygen atoms in total. The Balaban J connectivity index is 1.96. The lowest BCUT2D eigenvalue weighted by Gasteiger charge is -2.19. The molecule has 1 aliphatic rings. The second-order valence-electron chi connectivity index (χ2n) is 5.60. The first kappa shape index (κ1) is 15.3. The van der Waals surface area contributed by atoms with Crippen LogP contribution in [0.4, 0.5) is 0 Å². The van der Waals surface area contributed by atoms with E-state index in [2.05, 4.69) is 5.32 Å². The first-order chi connectivity index (χ1) is 11.2. The molecule has 0 heterocycles. The van der Waals surface area contributed by atoms with Crippen LogP contribution in [-0.2, 0) is 14.3 Å². The smallest absolute Gasteiger partial charge is 0.328 e. The molecule has 0 fully saturated rings. The van der Waals surface area contributed by atoms with Gasteiger partial charge in [-0.1, -0.05) is 55.5 Å². The molecule has 0 saturated carbocycles. The first-order valence-electron chi connectivity index (χ1n) is 7.73. The van der Waals surface area contributed by atoms with Crippen molar-refractivity contribution in [2.75, 3.05) is 7.11 Å². The molecule has 1 amide bonds. The van der Waals surface area contributed by atoms with Crippen molar-refractivity contribution in [2.24, 2.45) is 0 Å². The molecule has 1 N–H and O–H groups in total. The van der Waals surface area contributed by atoms with Crippen LogP contribution in [0.3, 0.4) is 0 Å². The van der Waals surface area contributed by atoms with Gasteiger partial charge in [0.25, 0.3) is 0 Å². The van der Waals surface area contributed by atoms with Gasteiger partial charge in [-0.2, -0.15) is 0 Å². The highest BCUT2D eigenvalue weighted by atomic mass is 16.5. The molecular formula is C19H19NO3. The Morgan fingerprint density at radius 2 is 1.57 bits per heavy atom. The lowest BCUT2D eigenvalue weighted by atomic mass is 9.95. The van der Waals surface area contributed by atoms with Crippen LogP contribution in [0.2, 0.25) is 0 Å². The number of hydrogen-bond acceptors (Lipinski definition) is 3. The summed E-state index contributed by atoms with van der Waals surface area (Å²) in [4.78, 5) is 24.6. The van der Waals surface area contributed by atoms with Gasteiger partial charge in [-0.3, -0.25) is 4.79 Å². The number of fused-ring (bicyclic) bond motifs is 3. The third-order valence-corrected chi connectivity index (χ3v) is 4.31. The maximum Gasteiger partial charge on any atom is 0.328 e. The fraction of sp³-hybridized carbons (Fsp3) is 0.263. The quantitative estimate of drug-likeness (QED) is 0.884. The van der Waals surface area contributed by atoms with Gasteiger partial charge in [0.2, 0.25) is 5.91 Å². The minimum atomic E-state index is -0.618. The number of nitrogens with one attached hydrogen (secondary N) is 1. The van der Waals surface area contributed by atoms with Crippen molar-refractivity contribution >= 4 is 11.9 Å². The van der Waals surface area contributed by atoms with Crippen LogP contribution in [0.15, 0.2) is 48.5 Å². The van der Waals surface area contributed by atoms with E-state index in [4.69, 9.17) is 4.74 Å². The highest BCUT2D eigenvalue weighted by Gasteiger charge is 2.34. The van der Waals surface area contributed by atoms with Gasteiger partial charge in [0.1, 0.15) is 6.04 Å². The molecule has 2 aromatic rings. The molecule has 23 heavy (non-hydrogen) atoms. The number of carbonyl (C=O) groups excluding carboxylic acids is 2. The van der Waals surface area contributed by atoms with Crippen molar-refractivity contribution in [3.05, 3.63) is 59.7 Å². The SMILES string of the molecule is CC[C@@H](NC(=O)C1c2ccccc2-c2ccccc21)C(=O)OC. The van der Waals surface area contributed by atoms with Gasteiger partial charge in [0.15, 0.2) is 0 Å². The largest absolute Gasteiger partial charge is 0.467 e. The molecule has 0 unspecified atom stereocenters. The van der Waals surface area contributed by atoms with Gasteiger partial charge in [0.05, 0.1) is 13.0 Å². The molecule has 118 valence electrons. The zero-order valence-electron chi connectivity index (χ0n) is 13.2. The van der Waals surface area contributed by atoms with Gasteiger partial charge in [-0.25, -0.2) is 4.79 Å². The normalized spacial score (nSPS) is 13.8. The van der Waals surface area contributed by atoms with E-state index >= 15 is 0 Å². The van der Waals surface area contributed by atoms with Crippen molar-refractivity contribution in [1.29, 1.82) is 0 Å². The van der Waals surface area contributed by atoms with E-state index in [9.17, 15) is 9.59 Å². The van der Waals surface area contributed by atoms with Gasteiger partial charge < -0.3 is 10.1 Å². The Morgan fingerprint density at radius 1 is 1.04 bits per heavy atom. The Hall–Kier alpha value is -2.62. The number of hydrogen-bond donors (Lipinski definition) is 1. The third kappa shape index (κ3) is 2.61. The van der Waals surface area contributed by atoms with Gasteiger partial charge >= 0.3 is 5.97 Å². The molecular weight excluding hydrogens is 290 g/mol. The fourth-order valence-corrected chi connectivity index (χ4v) is 3.16. The lowest BCUT2D eigenvalue weighted by Crippen LogP contribution is -2.43. The van der Waals surface area contributed by atoms with Crippen molar-refractivity contribution in [2.45, 2.75) is 25.3 Å². The fourth-order valence-electron chi connectivity index (χ4n) is 3.16. The summed E-state index contributed by atoms with van der Waals surface area (Å²) in [5.74, 6) is -0.971. The number of amides is 1. The van der Waals surface area contributed by atoms with E-state index in [0.29, 0.717) is 6.42 Å². The molecule has 0 spiro atoms. The van der Waals surface area contributed by atoms with Crippen LogP contribution in [-0.4, -0.2) is 25.0 Å². The molecule has 1 aliphatic carbocycles. The summed E-state index contributed by atoms with van der Waals surface area (Å²) in [6, 6.07) is 15.2. The second-order valence-corrected chi connectivity index (χ2v) is 5.60. The monoisotopic (exact) mass is 309 g/mol. The number of ether oxygens (including phenoxy) is 1. The van der Waals surface area contributed by atoms with Crippen molar-refractivity contribution in [3.63, 3.8) is 0 Å². The first-order valence-corrected chi connectivity index (χ1v) is 7.73. The average molecular weight is 309 g/mol. The number of methoxy groups -OCH3 is 1. The maximum absolute atomic E-state index is 12.8. The summed E-state index contributed by atoms with van der Waals surface area (Å²) in [5, 5.41) is 2.83. The van der Waals surface area contributed by atoms with Gasteiger partial charge in [-0.15, -0.1) is 0 Å². The van der Waals surface area contributed by atoms with Crippen molar-refractivity contribution in [3.8, 4) is 11.1 Å². The summed E-state index contributed by atoms with van der Waals surface area (Å²) >= 11 is 0. The average Bonchev–Trinajstić information content (AvgIpc) is 2.93. The Kier molecular flexibility index (Phi) is 4.15. The van der Waals surface area contributed by atoms with Crippen LogP contribution < -0.4 is 5.32 Å². The molecule has 2 aromatic carbocycles. The highest BCUT2D eigenvalue weighted by Crippen LogP contribution is 2.44. The maximum atomic E-state index is 12.8. The van der Waals surface area contributed by atoms with Crippen LogP contribution in [0.1, 0.15) is 30.4 Å². The molecule has 1 atom stereocenters. The lowest BCUT2D eigenvalue weighted by molar-refractivity contribution is -0.145. The van der Waals surface area contributed by atoms with E-state index in [1.54, 1.807) is 0 Å². The minimum Gasteiger partial charge on any atom is -0.467 e. The minimum absolute atomic E-state index is 0.167. The predicted molar refractivity (Wildman–Crippen MR) is 88.0 cm³/mol. The van der Waals surface area contributed by atoms with Crippen LogP contribution in [0.5, 0.6) is 0 Å². The summed E-state index contributed by atoms with van der Waals surface area (Å²) < 4.78 is 4.75. The standard InChI is InChI=1S/C19H19NO3/c1-3-16(19(22)23-2)20-18(21)17-14-10-6-4-8-12(14)13-9-5-7-11-15(13)17/h4-11,16-17H,3H2,1-2H3,(H,20,21)/t16-/m1/s1. The van der Waals surface area contributed by atoms with Crippen LogP contribution in [0, 0.1) is 0 Å². The molecule has 0 radical (unpaired) electrons. The molecule has 3 rings (SSSR count). The summed E-state index contributed by atoms with van der Waals surface area (Å²) in [5.41, 5.74) is 4.11. The second kappa shape index (κ2) is 6.24. The Morgan fingerprint density at radius 3 is 2.04 bits per heavy atom. The number of benzene rings is 2. The van der Waals surface area contributed by atoms with E-state index in [0.717, 1.165) is 22.3 Å². The summed E-state index contributed by atoms with van der Waals surface area (Å²) in [7, 11) is 1.33. The number of carbonyl (C=O) groups is 2. The van der Waals surface area contributed by atoms with Crippen LogP contribution in [0.25, 0.3) is 11.1 Å². The van der Waals surface area contributed by atoms with Crippen LogP contribution >= 0.6 is 0 Å².